The number of alkyl carbamates (subject to hydrolysis) is 1. The van der Waals surface area contributed by atoms with Gasteiger partial charge in [-0.05, 0) is 63.5 Å². The summed E-state index contributed by atoms with van der Waals surface area (Å²) >= 11 is 1.59. The first-order chi connectivity index (χ1) is 11.2. The molecular formula is C17H23N3O3S. The van der Waals surface area contributed by atoms with Crippen molar-refractivity contribution < 1.29 is 14.3 Å². The lowest BCUT2D eigenvalue weighted by atomic mass is 10.2. The van der Waals surface area contributed by atoms with Gasteiger partial charge >= 0.3 is 6.09 Å². The lowest BCUT2D eigenvalue weighted by Gasteiger charge is -2.23. The monoisotopic (exact) mass is 349 g/mol. The van der Waals surface area contributed by atoms with Crippen molar-refractivity contribution in [2.45, 2.75) is 38.8 Å². The summed E-state index contributed by atoms with van der Waals surface area (Å²) in [5.41, 5.74) is 0.454. The highest BCUT2D eigenvalue weighted by molar-refractivity contribution is 7.98. The van der Waals surface area contributed by atoms with Crippen LogP contribution in [0.4, 0.5) is 10.5 Å². The highest BCUT2D eigenvalue weighted by atomic mass is 32.2. The fourth-order valence-corrected chi connectivity index (χ4v) is 2.28. The topological polar surface area (TPSA) is 91.2 Å². The number of rotatable bonds is 6. The van der Waals surface area contributed by atoms with Crippen LogP contribution < -0.4 is 10.6 Å². The Kier molecular flexibility index (Phi) is 7.59. The number of carbonyl (C=O) groups is 2. The lowest BCUT2D eigenvalue weighted by molar-refractivity contribution is -0.118. The maximum Gasteiger partial charge on any atom is 0.408 e. The second kappa shape index (κ2) is 9.18. The van der Waals surface area contributed by atoms with Gasteiger partial charge in [0, 0.05) is 5.69 Å². The zero-order valence-electron chi connectivity index (χ0n) is 14.4. The highest BCUT2D eigenvalue weighted by Gasteiger charge is 2.24. The summed E-state index contributed by atoms with van der Waals surface area (Å²) in [6.07, 6.45) is 1.80. The number of anilines is 1. The van der Waals surface area contributed by atoms with E-state index in [0.29, 0.717) is 17.7 Å². The number of thioether (sulfide) groups is 1. The minimum Gasteiger partial charge on any atom is -0.444 e. The molecule has 0 aliphatic carbocycles. The van der Waals surface area contributed by atoms with Gasteiger partial charge in [0.05, 0.1) is 11.6 Å². The fourth-order valence-electron chi connectivity index (χ4n) is 1.81. The largest absolute Gasteiger partial charge is 0.444 e. The van der Waals surface area contributed by atoms with Gasteiger partial charge in [-0.1, -0.05) is 0 Å². The number of nitrogens with one attached hydrogen (secondary N) is 2. The van der Waals surface area contributed by atoms with Crippen LogP contribution in [0.3, 0.4) is 0 Å². The summed E-state index contributed by atoms with van der Waals surface area (Å²) in [4.78, 5) is 24.3. The van der Waals surface area contributed by atoms with Gasteiger partial charge < -0.3 is 15.4 Å². The van der Waals surface area contributed by atoms with E-state index in [2.05, 4.69) is 10.6 Å². The molecule has 0 saturated carbocycles. The smallest absolute Gasteiger partial charge is 0.408 e. The molecule has 2 N–H and O–H groups in total. The van der Waals surface area contributed by atoms with Crippen molar-refractivity contribution in [2.24, 2.45) is 0 Å². The molecule has 0 fully saturated rings. The molecule has 1 atom stereocenters. The Hall–Kier alpha value is -2.20. The average Bonchev–Trinajstić information content (AvgIpc) is 2.50. The number of nitrogens with zero attached hydrogens (tertiary/aromatic N) is 1. The molecule has 1 unspecified atom stereocenters. The van der Waals surface area contributed by atoms with Gasteiger partial charge in [-0.25, -0.2) is 4.79 Å². The molecule has 0 saturated heterocycles. The normalized spacial score (nSPS) is 12.0. The van der Waals surface area contributed by atoms with E-state index in [1.807, 2.05) is 12.3 Å². The van der Waals surface area contributed by atoms with Crippen LogP contribution in [0.2, 0.25) is 0 Å². The number of amides is 2. The van der Waals surface area contributed by atoms with Crippen molar-refractivity contribution in [2.75, 3.05) is 17.3 Å². The van der Waals surface area contributed by atoms with Gasteiger partial charge in [-0.2, -0.15) is 17.0 Å². The van der Waals surface area contributed by atoms with Gasteiger partial charge in [0.1, 0.15) is 11.6 Å². The predicted octanol–water partition coefficient (Wildman–Crippen LogP) is 3.14. The minimum atomic E-state index is -0.692. The molecule has 0 spiro atoms. The fraction of sp³-hybridized carbons (Fsp3) is 0.471. The zero-order chi connectivity index (χ0) is 18.2. The number of carbonyl (C=O) groups excluding carboxylic acids is 2. The van der Waals surface area contributed by atoms with E-state index < -0.39 is 17.7 Å². The second-order valence-corrected chi connectivity index (χ2v) is 7.14. The minimum absolute atomic E-state index is 0.320. The van der Waals surface area contributed by atoms with Crippen molar-refractivity contribution in [3.8, 4) is 6.07 Å². The van der Waals surface area contributed by atoms with Crippen molar-refractivity contribution in [1.82, 2.24) is 5.32 Å². The molecule has 0 aliphatic rings. The van der Waals surface area contributed by atoms with E-state index in [1.165, 1.54) is 0 Å². The predicted molar refractivity (Wildman–Crippen MR) is 95.9 cm³/mol. The lowest BCUT2D eigenvalue weighted by Crippen LogP contribution is -2.46. The van der Waals surface area contributed by atoms with Gasteiger partial charge in [-0.15, -0.1) is 0 Å². The molecule has 1 rings (SSSR count). The number of hydrogen-bond donors (Lipinski definition) is 2. The number of hydrogen-bond acceptors (Lipinski definition) is 5. The summed E-state index contributed by atoms with van der Waals surface area (Å²) < 4.78 is 5.21. The summed E-state index contributed by atoms with van der Waals surface area (Å²) in [6, 6.07) is 7.86. The Labute approximate surface area is 146 Å². The standard InChI is InChI=1S/C17H23N3O3S/c1-17(2,3)23-16(22)20-14(9-10-24-4)15(21)19-13-7-5-12(11-18)6-8-13/h5-8,14H,9-10H2,1-4H3,(H,19,21)(H,20,22). The van der Waals surface area contributed by atoms with E-state index in [1.54, 1.807) is 56.8 Å². The van der Waals surface area contributed by atoms with Crippen LogP contribution in [-0.2, 0) is 9.53 Å². The van der Waals surface area contributed by atoms with Crippen molar-refractivity contribution in [3.05, 3.63) is 29.8 Å². The summed E-state index contributed by atoms with van der Waals surface area (Å²) in [7, 11) is 0. The van der Waals surface area contributed by atoms with E-state index in [4.69, 9.17) is 10.00 Å². The molecule has 2 amide bonds. The molecule has 0 bridgehead atoms. The van der Waals surface area contributed by atoms with Gasteiger partial charge in [-0.3, -0.25) is 4.79 Å². The molecule has 1 aromatic carbocycles. The van der Waals surface area contributed by atoms with E-state index in [-0.39, 0.29) is 5.91 Å². The molecule has 6 nitrogen and oxygen atoms in total. The van der Waals surface area contributed by atoms with Crippen LogP contribution >= 0.6 is 11.8 Å². The van der Waals surface area contributed by atoms with Gasteiger partial charge in [0.25, 0.3) is 0 Å². The number of benzene rings is 1. The first-order valence-electron chi connectivity index (χ1n) is 7.54. The molecule has 1 aromatic rings. The molecule has 0 heterocycles. The van der Waals surface area contributed by atoms with Gasteiger partial charge in [0.15, 0.2) is 0 Å². The maximum atomic E-state index is 12.4. The molecule has 0 aromatic heterocycles. The Bertz CT molecular complexity index is 603. The Morgan fingerprint density at radius 3 is 2.42 bits per heavy atom. The van der Waals surface area contributed by atoms with E-state index in [0.717, 1.165) is 5.75 Å². The summed E-state index contributed by atoms with van der Waals surface area (Å²) in [5, 5.41) is 14.1. The average molecular weight is 349 g/mol. The van der Waals surface area contributed by atoms with Crippen LogP contribution in [0.15, 0.2) is 24.3 Å². The summed E-state index contributed by atoms with van der Waals surface area (Å²) in [5.74, 6) is 0.404. The van der Waals surface area contributed by atoms with Crippen molar-refractivity contribution in [1.29, 1.82) is 5.26 Å². The van der Waals surface area contributed by atoms with Crippen LogP contribution in [0.5, 0.6) is 0 Å². The highest BCUT2D eigenvalue weighted by Crippen LogP contribution is 2.12. The molecular weight excluding hydrogens is 326 g/mol. The van der Waals surface area contributed by atoms with Crippen LogP contribution in [0.1, 0.15) is 32.8 Å². The first-order valence-corrected chi connectivity index (χ1v) is 8.94. The second-order valence-electron chi connectivity index (χ2n) is 6.16. The Balaban J connectivity index is 2.73. The SMILES string of the molecule is CSCCC(NC(=O)OC(C)(C)C)C(=O)Nc1ccc(C#N)cc1. The molecule has 24 heavy (non-hydrogen) atoms. The maximum absolute atomic E-state index is 12.4. The van der Waals surface area contributed by atoms with Crippen molar-refractivity contribution in [3.63, 3.8) is 0 Å². The molecule has 130 valence electrons. The van der Waals surface area contributed by atoms with Crippen LogP contribution in [0.25, 0.3) is 0 Å². The molecule has 0 radical (unpaired) electrons. The number of ether oxygens (including phenoxy) is 1. The van der Waals surface area contributed by atoms with E-state index in [9.17, 15) is 9.59 Å². The Morgan fingerprint density at radius 2 is 1.92 bits per heavy atom. The third-order valence-electron chi connectivity index (χ3n) is 2.90. The summed E-state index contributed by atoms with van der Waals surface area (Å²) in [6.45, 7) is 5.29. The van der Waals surface area contributed by atoms with Crippen LogP contribution in [-0.4, -0.2) is 35.7 Å². The third kappa shape index (κ3) is 7.38. The van der Waals surface area contributed by atoms with Gasteiger partial charge in [0.2, 0.25) is 5.91 Å². The third-order valence-corrected chi connectivity index (χ3v) is 3.54. The Morgan fingerprint density at radius 1 is 1.29 bits per heavy atom. The molecule has 0 aliphatic heterocycles. The van der Waals surface area contributed by atoms with Crippen molar-refractivity contribution >= 4 is 29.4 Å². The number of nitriles is 1. The zero-order valence-corrected chi connectivity index (χ0v) is 15.2. The molecule has 7 heteroatoms. The first kappa shape index (κ1) is 19.8. The van der Waals surface area contributed by atoms with Crippen LogP contribution in [0, 0.1) is 11.3 Å². The quantitative estimate of drug-likeness (QED) is 0.823. The van der Waals surface area contributed by atoms with E-state index >= 15 is 0 Å².